The number of phenolic OH excluding ortho intramolecular Hbond substituents is 1. The van der Waals surface area contributed by atoms with Crippen molar-refractivity contribution in [1.29, 1.82) is 0 Å². The van der Waals surface area contributed by atoms with Crippen LogP contribution in [0.4, 0.5) is 0 Å². The maximum absolute atomic E-state index is 13.1. The van der Waals surface area contributed by atoms with Crippen LogP contribution in [0.3, 0.4) is 0 Å². The van der Waals surface area contributed by atoms with Gasteiger partial charge in [0.2, 0.25) is 5.82 Å². The largest absolute Gasteiger partial charge is 0.505 e. The van der Waals surface area contributed by atoms with Crippen molar-refractivity contribution >= 4 is 29.1 Å². The highest BCUT2D eigenvalue weighted by Gasteiger charge is 2.23. The average molecular weight is 447 g/mol. The first kappa shape index (κ1) is 22.1. The van der Waals surface area contributed by atoms with Gasteiger partial charge in [-0.25, -0.2) is 9.67 Å². The highest BCUT2D eigenvalue weighted by molar-refractivity contribution is 6.37. The monoisotopic (exact) mass is 446 g/mol. The molecule has 1 heterocycles. The number of hydrogen-bond acceptors (Lipinski definition) is 4. The van der Waals surface area contributed by atoms with E-state index < -0.39 is 0 Å². The summed E-state index contributed by atoms with van der Waals surface area (Å²) in [5.41, 5.74) is 2.79. The number of amides is 1. The van der Waals surface area contributed by atoms with Crippen LogP contribution >= 0.6 is 23.2 Å². The Morgan fingerprint density at radius 3 is 2.23 bits per heavy atom. The van der Waals surface area contributed by atoms with Crippen molar-refractivity contribution < 1.29 is 9.90 Å². The van der Waals surface area contributed by atoms with Crippen molar-refractivity contribution in [2.45, 2.75) is 46.2 Å². The molecular weight excluding hydrogens is 423 g/mol. The molecule has 3 rings (SSSR count). The molecule has 3 aromatic rings. The third-order valence-corrected chi connectivity index (χ3v) is 5.41. The van der Waals surface area contributed by atoms with Gasteiger partial charge in [-0.1, -0.05) is 61.3 Å². The molecular formula is C22H24Cl2N4O2. The average Bonchev–Trinajstić information content (AvgIpc) is 3.19. The van der Waals surface area contributed by atoms with E-state index in [1.165, 1.54) is 28.7 Å². The quantitative estimate of drug-likeness (QED) is 0.545. The van der Waals surface area contributed by atoms with Gasteiger partial charge in [-0.15, -0.1) is 5.10 Å². The maximum atomic E-state index is 13.1. The number of rotatable bonds is 6. The van der Waals surface area contributed by atoms with Crippen molar-refractivity contribution in [2.75, 3.05) is 0 Å². The summed E-state index contributed by atoms with van der Waals surface area (Å²) in [6.45, 7) is 8.67. The van der Waals surface area contributed by atoms with Gasteiger partial charge in [0.25, 0.3) is 5.91 Å². The molecule has 0 spiro atoms. The number of nitrogens with zero attached hydrogens (tertiary/aromatic N) is 4. The number of hydrogen-bond donors (Lipinski definition) is 1. The van der Waals surface area contributed by atoms with E-state index in [-0.39, 0.29) is 33.6 Å². The first-order valence-electron chi connectivity index (χ1n) is 9.67. The Morgan fingerprint density at radius 1 is 1.10 bits per heavy atom. The molecule has 8 heteroatoms. The predicted octanol–water partition coefficient (Wildman–Crippen LogP) is 5.45. The van der Waals surface area contributed by atoms with Gasteiger partial charge < -0.3 is 10.0 Å². The molecule has 2 aromatic carbocycles. The summed E-state index contributed by atoms with van der Waals surface area (Å²) in [5.74, 6) is 0.0559. The molecule has 0 radical (unpaired) electrons. The molecule has 0 saturated carbocycles. The zero-order valence-electron chi connectivity index (χ0n) is 17.3. The molecule has 1 aromatic heterocycles. The van der Waals surface area contributed by atoms with Gasteiger partial charge in [-0.3, -0.25) is 4.79 Å². The Morgan fingerprint density at radius 2 is 1.70 bits per heavy atom. The first-order chi connectivity index (χ1) is 14.2. The van der Waals surface area contributed by atoms with E-state index in [9.17, 15) is 9.90 Å². The molecule has 1 N–H and O–H groups in total. The number of halogens is 2. The molecule has 0 aliphatic carbocycles. The number of aromatic nitrogens is 3. The molecule has 6 nitrogen and oxygen atoms in total. The summed E-state index contributed by atoms with van der Waals surface area (Å²) in [7, 11) is 0. The minimum absolute atomic E-state index is 0.0354. The Hall–Kier alpha value is -2.57. The third kappa shape index (κ3) is 4.77. The van der Waals surface area contributed by atoms with E-state index in [1.54, 1.807) is 4.90 Å². The second kappa shape index (κ2) is 9.06. The van der Waals surface area contributed by atoms with Gasteiger partial charge in [0.15, 0.2) is 5.75 Å². The van der Waals surface area contributed by atoms with E-state index >= 15 is 0 Å². The minimum atomic E-state index is -0.271. The lowest BCUT2D eigenvalue weighted by Gasteiger charge is -2.25. The highest BCUT2D eigenvalue weighted by Crippen LogP contribution is 2.33. The van der Waals surface area contributed by atoms with E-state index in [2.05, 4.69) is 36.1 Å². The lowest BCUT2D eigenvalue weighted by Crippen LogP contribution is -2.37. The maximum Gasteiger partial charge on any atom is 0.294 e. The number of carbonyl (C=O) groups excluding carboxylic acids is 1. The fourth-order valence-corrected chi connectivity index (χ4v) is 3.47. The van der Waals surface area contributed by atoms with Crippen LogP contribution in [0.5, 0.6) is 5.75 Å². The van der Waals surface area contributed by atoms with E-state index in [4.69, 9.17) is 23.2 Å². The molecule has 0 bridgehead atoms. The summed E-state index contributed by atoms with van der Waals surface area (Å²) in [6.07, 6.45) is 1.42. The van der Waals surface area contributed by atoms with Gasteiger partial charge in [0.05, 0.1) is 15.7 Å². The fraction of sp³-hybridized carbons (Fsp3) is 0.318. The Kier molecular flexibility index (Phi) is 6.68. The minimum Gasteiger partial charge on any atom is -0.505 e. The number of carbonyl (C=O) groups is 1. The molecule has 1 amide bonds. The topological polar surface area (TPSA) is 71.2 Å². The number of aromatic hydroxyl groups is 1. The Bertz CT molecular complexity index is 1020. The summed E-state index contributed by atoms with van der Waals surface area (Å²) in [4.78, 5) is 19.0. The molecule has 0 aliphatic heterocycles. The highest BCUT2D eigenvalue weighted by atomic mass is 35.5. The van der Waals surface area contributed by atoms with Crippen LogP contribution in [0.25, 0.3) is 5.69 Å². The van der Waals surface area contributed by atoms with Crippen molar-refractivity contribution in [3.8, 4) is 11.4 Å². The number of phenols is 1. The van der Waals surface area contributed by atoms with Gasteiger partial charge in [0.1, 0.15) is 6.33 Å². The molecule has 0 saturated heterocycles. The fourth-order valence-electron chi connectivity index (χ4n) is 2.99. The summed E-state index contributed by atoms with van der Waals surface area (Å²) < 4.78 is 1.40. The zero-order chi connectivity index (χ0) is 22.0. The zero-order valence-corrected chi connectivity index (χ0v) is 18.8. The van der Waals surface area contributed by atoms with Crippen LogP contribution in [-0.4, -0.2) is 36.7 Å². The van der Waals surface area contributed by atoms with Crippen LogP contribution in [0.2, 0.25) is 10.0 Å². The summed E-state index contributed by atoms with van der Waals surface area (Å²) >= 11 is 12.0. The summed E-state index contributed by atoms with van der Waals surface area (Å²) in [5, 5.41) is 14.2. The Balaban J connectivity index is 1.83. The van der Waals surface area contributed by atoms with Crippen LogP contribution in [0, 0.1) is 0 Å². The summed E-state index contributed by atoms with van der Waals surface area (Å²) in [6, 6.07) is 11.2. The van der Waals surface area contributed by atoms with Crippen LogP contribution in [0.1, 0.15) is 55.4 Å². The van der Waals surface area contributed by atoms with Gasteiger partial charge in [0, 0.05) is 12.6 Å². The van der Waals surface area contributed by atoms with Crippen LogP contribution < -0.4 is 0 Å². The third-order valence-electron chi connectivity index (χ3n) is 4.83. The molecule has 0 aliphatic rings. The molecule has 0 unspecified atom stereocenters. The second-order valence-electron chi connectivity index (χ2n) is 7.69. The molecule has 0 atom stereocenters. The standard InChI is InChI=1S/C22H24Cl2N4O2/c1-13(2)16-7-5-15(6-8-16)11-27(14(3)4)22(30)21-25-12-28(26-21)17-9-18(23)20(29)19(24)10-17/h5-10,12-14,29H,11H2,1-4H3. The van der Waals surface area contributed by atoms with Crippen molar-refractivity contribution in [1.82, 2.24) is 19.7 Å². The van der Waals surface area contributed by atoms with Crippen molar-refractivity contribution in [3.63, 3.8) is 0 Å². The van der Waals surface area contributed by atoms with Gasteiger partial charge in [-0.2, -0.15) is 0 Å². The van der Waals surface area contributed by atoms with Crippen molar-refractivity contribution in [3.05, 3.63) is 69.7 Å². The second-order valence-corrected chi connectivity index (χ2v) is 8.51. The van der Waals surface area contributed by atoms with E-state index in [0.29, 0.717) is 18.2 Å². The van der Waals surface area contributed by atoms with E-state index in [1.807, 2.05) is 26.0 Å². The lowest BCUT2D eigenvalue weighted by atomic mass is 10.0. The normalized spacial score (nSPS) is 11.3. The predicted molar refractivity (Wildman–Crippen MR) is 119 cm³/mol. The van der Waals surface area contributed by atoms with Gasteiger partial charge in [-0.05, 0) is 43.0 Å². The van der Waals surface area contributed by atoms with Crippen molar-refractivity contribution in [2.24, 2.45) is 0 Å². The van der Waals surface area contributed by atoms with Crippen LogP contribution in [-0.2, 0) is 6.54 Å². The first-order valence-corrected chi connectivity index (χ1v) is 10.4. The number of benzene rings is 2. The van der Waals surface area contributed by atoms with Crippen LogP contribution in [0.15, 0.2) is 42.7 Å². The lowest BCUT2D eigenvalue weighted by molar-refractivity contribution is 0.0677. The van der Waals surface area contributed by atoms with E-state index in [0.717, 1.165) is 5.56 Å². The van der Waals surface area contributed by atoms with Gasteiger partial charge >= 0.3 is 0 Å². The SMILES string of the molecule is CC(C)c1ccc(CN(C(=O)c2ncn(-c3cc(Cl)c(O)c(Cl)c3)n2)C(C)C)cc1. The molecule has 158 valence electrons. The smallest absolute Gasteiger partial charge is 0.294 e. The Labute approximate surface area is 186 Å². The molecule has 30 heavy (non-hydrogen) atoms. The molecule has 0 fully saturated rings.